The van der Waals surface area contributed by atoms with Gasteiger partial charge >= 0.3 is 0 Å². The molecule has 0 radical (unpaired) electrons. The highest BCUT2D eigenvalue weighted by molar-refractivity contribution is 5.72. The van der Waals surface area contributed by atoms with Gasteiger partial charge in [0.2, 0.25) is 0 Å². The zero-order chi connectivity index (χ0) is 14.6. The van der Waals surface area contributed by atoms with Crippen LogP contribution in [0.1, 0.15) is 13.8 Å². The molecule has 3 nitrogen and oxygen atoms in total. The summed E-state index contributed by atoms with van der Waals surface area (Å²) in [5.74, 6) is -1.99. The van der Waals surface area contributed by atoms with Gasteiger partial charge in [0, 0.05) is 16.0 Å². The van der Waals surface area contributed by atoms with Crippen LogP contribution in [0.5, 0.6) is 0 Å². The SMILES string of the molecule is CC(C)/C(C#N)=c1\cc(F)c(=C(C#N)C#N)cc1F. The van der Waals surface area contributed by atoms with Gasteiger partial charge in [-0.05, 0) is 18.1 Å². The molecule has 1 aromatic rings. The monoisotopic (exact) mass is 257 g/mol. The molecule has 0 saturated heterocycles. The third kappa shape index (κ3) is 2.76. The number of hydrogen-bond acceptors (Lipinski definition) is 3. The largest absolute Gasteiger partial charge is 0.206 e. The van der Waals surface area contributed by atoms with Gasteiger partial charge in [0.25, 0.3) is 0 Å². The van der Waals surface area contributed by atoms with Crippen LogP contribution in [0, 0.1) is 51.5 Å². The molecule has 0 N–H and O–H groups in total. The molecule has 0 amide bonds. The molecule has 0 aliphatic heterocycles. The molecule has 0 saturated carbocycles. The summed E-state index contributed by atoms with van der Waals surface area (Å²) in [5.41, 5.74) is -0.399. The van der Waals surface area contributed by atoms with Crippen LogP contribution in [0.3, 0.4) is 0 Å². The minimum absolute atomic E-state index is 0.110. The molecule has 0 aliphatic carbocycles. The first kappa shape index (κ1) is 14.4. The van der Waals surface area contributed by atoms with Crippen LogP contribution in [0.2, 0.25) is 0 Å². The van der Waals surface area contributed by atoms with Crippen molar-refractivity contribution in [1.29, 1.82) is 15.8 Å². The van der Waals surface area contributed by atoms with Crippen LogP contribution in [-0.2, 0) is 0 Å². The number of hydrogen-bond donors (Lipinski definition) is 0. The average molecular weight is 257 g/mol. The Kier molecular flexibility index (Phi) is 4.35. The van der Waals surface area contributed by atoms with Crippen LogP contribution in [0.15, 0.2) is 12.1 Å². The summed E-state index contributed by atoms with van der Waals surface area (Å²) in [7, 11) is 0. The molecule has 0 spiro atoms. The summed E-state index contributed by atoms with van der Waals surface area (Å²) in [5, 5.41) is 25.7. The summed E-state index contributed by atoms with van der Waals surface area (Å²) in [4.78, 5) is 0. The topological polar surface area (TPSA) is 71.4 Å². The summed E-state index contributed by atoms with van der Waals surface area (Å²) < 4.78 is 27.7. The second kappa shape index (κ2) is 5.76. The van der Waals surface area contributed by atoms with Crippen molar-refractivity contribution >= 4 is 11.1 Å². The summed E-state index contributed by atoms with van der Waals surface area (Å²) in [6.07, 6.45) is 0. The van der Waals surface area contributed by atoms with Crippen molar-refractivity contribution in [2.24, 2.45) is 5.92 Å². The number of nitriles is 3. The Morgan fingerprint density at radius 2 is 1.42 bits per heavy atom. The Bertz CT molecular complexity index is 740. The Labute approximate surface area is 108 Å². The van der Waals surface area contributed by atoms with Crippen molar-refractivity contribution < 1.29 is 8.78 Å². The van der Waals surface area contributed by atoms with Gasteiger partial charge in [-0.15, -0.1) is 0 Å². The van der Waals surface area contributed by atoms with Gasteiger partial charge in [-0.3, -0.25) is 0 Å². The molecule has 0 unspecified atom stereocenters. The molecule has 5 heteroatoms. The zero-order valence-electron chi connectivity index (χ0n) is 10.3. The van der Waals surface area contributed by atoms with E-state index < -0.39 is 22.4 Å². The summed E-state index contributed by atoms with van der Waals surface area (Å²) in [6, 6.07) is 6.45. The Hall–Kier alpha value is -2.71. The molecule has 1 aromatic carbocycles. The molecular weight excluding hydrogens is 248 g/mol. The molecular formula is C14H9F2N3. The van der Waals surface area contributed by atoms with E-state index in [9.17, 15) is 8.78 Å². The van der Waals surface area contributed by atoms with Gasteiger partial charge in [-0.1, -0.05) is 13.8 Å². The maximum atomic E-state index is 13.9. The van der Waals surface area contributed by atoms with Gasteiger partial charge in [-0.2, -0.15) is 15.8 Å². The van der Waals surface area contributed by atoms with Crippen molar-refractivity contribution in [2.75, 3.05) is 0 Å². The first-order valence-corrected chi connectivity index (χ1v) is 5.40. The lowest BCUT2D eigenvalue weighted by atomic mass is 10.0. The Morgan fingerprint density at radius 3 is 1.84 bits per heavy atom. The molecule has 0 aromatic heterocycles. The maximum Gasteiger partial charge on any atom is 0.139 e. The highest BCUT2D eigenvalue weighted by Gasteiger charge is 2.10. The van der Waals surface area contributed by atoms with Crippen molar-refractivity contribution in [2.45, 2.75) is 13.8 Å². The summed E-state index contributed by atoms with van der Waals surface area (Å²) in [6.45, 7) is 3.37. The average Bonchev–Trinajstić information content (AvgIpc) is 2.36. The fourth-order valence-electron chi connectivity index (χ4n) is 1.59. The third-order valence-corrected chi connectivity index (χ3v) is 2.54. The first-order valence-electron chi connectivity index (χ1n) is 5.40. The number of rotatable bonds is 1. The predicted octanol–water partition coefficient (Wildman–Crippen LogP) is 1.49. The summed E-state index contributed by atoms with van der Waals surface area (Å²) >= 11 is 0. The van der Waals surface area contributed by atoms with Gasteiger partial charge < -0.3 is 0 Å². The van der Waals surface area contributed by atoms with Crippen molar-refractivity contribution in [1.82, 2.24) is 0 Å². The highest BCUT2D eigenvalue weighted by Crippen LogP contribution is 2.08. The minimum Gasteiger partial charge on any atom is -0.206 e. The number of halogens is 2. The molecule has 0 atom stereocenters. The lowest BCUT2D eigenvalue weighted by molar-refractivity contribution is 0.583. The molecule has 0 aliphatic rings. The van der Waals surface area contributed by atoms with E-state index in [-0.39, 0.29) is 16.7 Å². The normalized spacial score (nSPS) is 11.3. The zero-order valence-corrected chi connectivity index (χ0v) is 10.3. The van der Waals surface area contributed by atoms with Crippen LogP contribution in [-0.4, -0.2) is 0 Å². The van der Waals surface area contributed by atoms with Crippen molar-refractivity contribution in [3.8, 4) is 18.2 Å². The Morgan fingerprint density at radius 1 is 0.947 bits per heavy atom. The lowest BCUT2D eigenvalue weighted by Crippen LogP contribution is -2.22. The second-order valence-electron chi connectivity index (χ2n) is 4.09. The van der Waals surface area contributed by atoms with Gasteiger partial charge in [0.05, 0.1) is 6.07 Å². The smallest absolute Gasteiger partial charge is 0.139 e. The van der Waals surface area contributed by atoms with Crippen molar-refractivity contribution in [3.05, 3.63) is 34.2 Å². The van der Waals surface area contributed by atoms with Crippen LogP contribution >= 0.6 is 0 Å². The van der Waals surface area contributed by atoms with E-state index in [4.69, 9.17) is 15.8 Å². The quantitative estimate of drug-likeness (QED) is 0.765. The lowest BCUT2D eigenvalue weighted by Gasteiger charge is -2.03. The number of nitrogens with zero attached hydrogens (tertiary/aromatic N) is 3. The maximum absolute atomic E-state index is 13.9. The minimum atomic E-state index is -0.900. The third-order valence-electron chi connectivity index (χ3n) is 2.54. The fraction of sp³-hybridized carbons (Fsp3) is 0.214. The van der Waals surface area contributed by atoms with Crippen LogP contribution in [0.4, 0.5) is 8.78 Å². The van der Waals surface area contributed by atoms with Gasteiger partial charge in [0.1, 0.15) is 29.3 Å². The molecule has 1 rings (SSSR count). The number of benzene rings is 1. The first-order chi connectivity index (χ1) is 8.96. The van der Waals surface area contributed by atoms with E-state index >= 15 is 0 Å². The van der Waals surface area contributed by atoms with E-state index in [1.807, 2.05) is 6.07 Å². The van der Waals surface area contributed by atoms with E-state index in [1.54, 1.807) is 13.8 Å². The van der Waals surface area contributed by atoms with Crippen LogP contribution < -0.4 is 10.4 Å². The molecule has 0 fully saturated rings. The van der Waals surface area contributed by atoms with E-state index in [0.29, 0.717) is 0 Å². The van der Waals surface area contributed by atoms with Crippen molar-refractivity contribution in [3.63, 3.8) is 0 Å². The molecule has 0 heterocycles. The predicted molar refractivity (Wildman–Crippen MR) is 64.1 cm³/mol. The fourth-order valence-corrected chi connectivity index (χ4v) is 1.59. The van der Waals surface area contributed by atoms with E-state index in [1.165, 1.54) is 12.1 Å². The molecule has 94 valence electrons. The van der Waals surface area contributed by atoms with Crippen LogP contribution in [0.25, 0.3) is 11.1 Å². The van der Waals surface area contributed by atoms with Gasteiger partial charge in [-0.25, -0.2) is 8.78 Å². The van der Waals surface area contributed by atoms with Gasteiger partial charge in [0.15, 0.2) is 0 Å². The molecule has 0 bridgehead atoms. The second-order valence-corrected chi connectivity index (χ2v) is 4.09. The Balaban J connectivity index is 3.91. The van der Waals surface area contributed by atoms with E-state index in [0.717, 1.165) is 12.1 Å². The van der Waals surface area contributed by atoms with E-state index in [2.05, 4.69) is 0 Å². The highest BCUT2D eigenvalue weighted by atomic mass is 19.1. The molecule has 19 heavy (non-hydrogen) atoms. The standard InChI is InChI=1S/C14H9F2N3/c1-8(2)12(7-19)11-4-13(15)10(3-14(11)16)9(5-17)6-18/h3-4,8H,1-2H3/b12-11+.